The average molecular weight is 241 g/mol. The third-order valence-electron chi connectivity index (χ3n) is 3.94. The zero-order valence-electron chi connectivity index (χ0n) is 11.2. The van der Waals surface area contributed by atoms with E-state index in [0.717, 1.165) is 18.4 Å². The molecule has 0 aromatic heterocycles. The molecule has 0 amide bonds. The Labute approximate surface area is 105 Å². The molecule has 0 aromatic carbocycles. The van der Waals surface area contributed by atoms with Gasteiger partial charge in [-0.05, 0) is 38.1 Å². The Balaban J connectivity index is 2.14. The van der Waals surface area contributed by atoms with E-state index in [4.69, 9.17) is 10.9 Å². The summed E-state index contributed by atoms with van der Waals surface area (Å²) in [6.45, 7) is 5.44. The molecule has 1 atom stereocenters. The molecule has 100 valence electrons. The molecule has 1 saturated carbocycles. The van der Waals surface area contributed by atoms with Gasteiger partial charge in [-0.3, -0.25) is 0 Å². The lowest BCUT2D eigenvalue weighted by molar-refractivity contribution is 0.258. The zero-order chi connectivity index (χ0) is 12.7. The van der Waals surface area contributed by atoms with Crippen molar-refractivity contribution < 1.29 is 5.21 Å². The minimum Gasteiger partial charge on any atom is -0.409 e. The number of nitrogens with zero attached hydrogens (tertiary/aromatic N) is 1. The quantitative estimate of drug-likeness (QED) is 0.289. The van der Waals surface area contributed by atoms with E-state index in [0.29, 0.717) is 12.3 Å². The summed E-state index contributed by atoms with van der Waals surface area (Å²) >= 11 is 0. The van der Waals surface area contributed by atoms with Crippen LogP contribution < -0.4 is 11.1 Å². The molecule has 17 heavy (non-hydrogen) atoms. The molecular formula is C13H27N3O. The summed E-state index contributed by atoms with van der Waals surface area (Å²) < 4.78 is 0. The Bertz CT molecular complexity index is 235. The maximum atomic E-state index is 8.49. The van der Waals surface area contributed by atoms with E-state index in [1.165, 1.54) is 32.1 Å². The Morgan fingerprint density at radius 3 is 2.47 bits per heavy atom. The number of hydrogen-bond acceptors (Lipinski definition) is 3. The second-order valence-electron chi connectivity index (χ2n) is 5.40. The molecule has 4 N–H and O–H groups in total. The van der Waals surface area contributed by atoms with E-state index in [1.807, 2.05) is 0 Å². The van der Waals surface area contributed by atoms with Crippen molar-refractivity contribution in [1.29, 1.82) is 0 Å². The minimum absolute atomic E-state index is 0.287. The van der Waals surface area contributed by atoms with Gasteiger partial charge in [0.25, 0.3) is 0 Å². The summed E-state index contributed by atoms with van der Waals surface area (Å²) in [5, 5.41) is 15.0. The van der Waals surface area contributed by atoms with Crippen LogP contribution in [0.15, 0.2) is 5.16 Å². The van der Waals surface area contributed by atoms with Crippen LogP contribution in [-0.4, -0.2) is 23.6 Å². The molecule has 1 rings (SSSR count). The second-order valence-corrected chi connectivity index (χ2v) is 5.40. The molecule has 0 bridgehead atoms. The van der Waals surface area contributed by atoms with Gasteiger partial charge in [0.2, 0.25) is 0 Å². The molecule has 0 heterocycles. The van der Waals surface area contributed by atoms with Crippen LogP contribution in [0.4, 0.5) is 0 Å². The molecule has 0 saturated heterocycles. The maximum absolute atomic E-state index is 8.49. The largest absolute Gasteiger partial charge is 0.409 e. The Morgan fingerprint density at radius 1 is 1.35 bits per heavy atom. The van der Waals surface area contributed by atoms with Crippen LogP contribution in [0.3, 0.4) is 0 Å². The molecule has 1 aliphatic carbocycles. The van der Waals surface area contributed by atoms with E-state index >= 15 is 0 Å². The highest BCUT2D eigenvalue weighted by Crippen LogP contribution is 2.30. The number of hydrogen-bond donors (Lipinski definition) is 3. The van der Waals surface area contributed by atoms with Crippen molar-refractivity contribution in [3.63, 3.8) is 0 Å². The van der Waals surface area contributed by atoms with Crippen LogP contribution in [0.5, 0.6) is 0 Å². The fourth-order valence-electron chi connectivity index (χ4n) is 2.64. The van der Waals surface area contributed by atoms with Crippen LogP contribution in [0.25, 0.3) is 0 Å². The van der Waals surface area contributed by atoms with Crippen molar-refractivity contribution in [2.75, 3.05) is 6.54 Å². The Morgan fingerprint density at radius 2 is 1.94 bits per heavy atom. The van der Waals surface area contributed by atoms with Crippen LogP contribution in [0.1, 0.15) is 52.4 Å². The summed E-state index contributed by atoms with van der Waals surface area (Å²) in [6.07, 6.45) is 7.42. The molecule has 0 aromatic rings. The van der Waals surface area contributed by atoms with Gasteiger partial charge in [-0.25, -0.2) is 0 Å². The van der Waals surface area contributed by atoms with Gasteiger partial charge >= 0.3 is 0 Å². The van der Waals surface area contributed by atoms with E-state index in [9.17, 15) is 0 Å². The molecule has 4 heteroatoms. The first-order chi connectivity index (χ1) is 8.15. The first-order valence-corrected chi connectivity index (χ1v) is 6.85. The Kier molecular flexibility index (Phi) is 6.34. The number of nitrogens with two attached hydrogens (primary N) is 1. The molecule has 1 fully saturated rings. The number of nitrogens with one attached hydrogen (secondary N) is 1. The third kappa shape index (κ3) is 5.39. The summed E-state index contributed by atoms with van der Waals surface area (Å²) in [5.74, 6) is 2.08. The van der Waals surface area contributed by atoms with Crippen molar-refractivity contribution >= 4 is 5.84 Å². The van der Waals surface area contributed by atoms with Gasteiger partial charge in [-0.2, -0.15) is 0 Å². The molecule has 0 spiro atoms. The summed E-state index contributed by atoms with van der Waals surface area (Å²) in [6, 6.07) is 0.287. The van der Waals surface area contributed by atoms with Crippen LogP contribution in [0.2, 0.25) is 0 Å². The lowest BCUT2D eigenvalue weighted by atomic mass is 9.81. The standard InChI is InChI=1S/C13H27N3O/c1-3-11-4-6-12(7-5-11)9-15-10(2)8-13(14)16-17/h10-12,15,17H,3-9H2,1-2H3,(H2,14,16). The number of rotatable bonds is 6. The van der Waals surface area contributed by atoms with Crippen molar-refractivity contribution in [3.8, 4) is 0 Å². The highest BCUT2D eigenvalue weighted by atomic mass is 16.4. The number of oxime groups is 1. The fourth-order valence-corrected chi connectivity index (χ4v) is 2.64. The van der Waals surface area contributed by atoms with Gasteiger partial charge in [-0.15, -0.1) is 0 Å². The summed E-state index contributed by atoms with van der Waals surface area (Å²) in [5.41, 5.74) is 5.48. The van der Waals surface area contributed by atoms with E-state index in [2.05, 4.69) is 24.3 Å². The first kappa shape index (κ1) is 14.3. The van der Waals surface area contributed by atoms with E-state index in [1.54, 1.807) is 0 Å². The lowest BCUT2D eigenvalue weighted by Crippen LogP contribution is -2.35. The molecule has 1 aliphatic rings. The van der Waals surface area contributed by atoms with Crippen LogP contribution >= 0.6 is 0 Å². The molecule has 0 aliphatic heterocycles. The molecule has 1 unspecified atom stereocenters. The average Bonchev–Trinajstić information content (AvgIpc) is 2.36. The topological polar surface area (TPSA) is 70.6 Å². The van der Waals surface area contributed by atoms with Gasteiger partial charge in [0.05, 0.1) is 0 Å². The predicted molar refractivity (Wildman–Crippen MR) is 71.2 cm³/mol. The zero-order valence-corrected chi connectivity index (χ0v) is 11.2. The highest BCUT2D eigenvalue weighted by Gasteiger charge is 2.20. The van der Waals surface area contributed by atoms with Crippen molar-refractivity contribution in [2.24, 2.45) is 22.7 Å². The molecule has 0 radical (unpaired) electrons. The van der Waals surface area contributed by atoms with Gasteiger partial charge in [0.15, 0.2) is 0 Å². The second kappa shape index (κ2) is 7.54. The van der Waals surface area contributed by atoms with E-state index < -0.39 is 0 Å². The van der Waals surface area contributed by atoms with Crippen LogP contribution in [-0.2, 0) is 0 Å². The van der Waals surface area contributed by atoms with Gasteiger partial charge in [-0.1, -0.05) is 31.3 Å². The monoisotopic (exact) mass is 241 g/mol. The van der Waals surface area contributed by atoms with Crippen LogP contribution in [0, 0.1) is 11.8 Å². The summed E-state index contributed by atoms with van der Waals surface area (Å²) in [4.78, 5) is 0. The number of amidine groups is 1. The predicted octanol–water partition coefficient (Wildman–Crippen LogP) is 2.32. The van der Waals surface area contributed by atoms with Crippen molar-refractivity contribution in [3.05, 3.63) is 0 Å². The summed E-state index contributed by atoms with van der Waals surface area (Å²) in [7, 11) is 0. The van der Waals surface area contributed by atoms with E-state index in [-0.39, 0.29) is 6.04 Å². The maximum Gasteiger partial charge on any atom is 0.140 e. The first-order valence-electron chi connectivity index (χ1n) is 6.85. The van der Waals surface area contributed by atoms with Gasteiger partial charge in [0, 0.05) is 12.5 Å². The smallest absolute Gasteiger partial charge is 0.140 e. The SMILES string of the molecule is CCC1CCC(CNC(C)CC(N)=NO)CC1. The molecule has 4 nitrogen and oxygen atoms in total. The Hall–Kier alpha value is -0.770. The third-order valence-corrected chi connectivity index (χ3v) is 3.94. The minimum atomic E-state index is 0.287. The fraction of sp³-hybridized carbons (Fsp3) is 0.923. The van der Waals surface area contributed by atoms with Gasteiger partial charge < -0.3 is 16.3 Å². The normalized spacial score (nSPS) is 28.0. The highest BCUT2D eigenvalue weighted by molar-refractivity contribution is 5.80. The lowest BCUT2D eigenvalue weighted by Gasteiger charge is -2.28. The van der Waals surface area contributed by atoms with Gasteiger partial charge in [0.1, 0.15) is 5.84 Å². The molecular weight excluding hydrogens is 214 g/mol. The van der Waals surface area contributed by atoms with Crippen molar-refractivity contribution in [2.45, 2.75) is 58.4 Å². The van der Waals surface area contributed by atoms with Crippen molar-refractivity contribution in [1.82, 2.24) is 5.32 Å².